The monoisotopic (exact) mass is 495 g/mol. The summed E-state index contributed by atoms with van der Waals surface area (Å²) in [6.07, 6.45) is 3.20. The number of piperidine rings is 1. The van der Waals surface area contributed by atoms with E-state index in [-0.39, 0.29) is 24.4 Å². The fourth-order valence-corrected chi connectivity index (χ4v) is 5.30. The first-order valence-corrected chi connectivity index (χ1v) is 12.6. The molecule has 2 aliphatic heterocycles. The summed E-state index contributed by atoms with van der Waals surface area (Å²) in [5.41, 5.74) is 1.20. The molecule has 0 saturated carbocycles. The van der Waals surface area contributed by atoms with Crippen LogP contribution in [-0.4, -0.2) is 65.5 Å². The Bertz CT molecular complexity index is 1060. The summed E-state index contributed by atoms with van der Waals surface area (Å²) >= 11 is 6.56. The zero-order chi connectivity index (χ0) is 25.0. The first-order valence-electron chi connectivity index (χ1n) is 12.2. The quantitative estimate of drug-likeness (QED) is 0.470. The molecule has 186 valence electrons. The number of carbonyl (C=O) groups is 2. The molecule has 0 bridgehead atoms. The van der Waals surface area contributed by atoms with Crippen molar-refractivity contribution < 1.29 is 14.3 Å². The van der Waals surface area contributed by atoms with Crippen LogP contribution in [0.15, 0.2) is 59.6 Å². The van der Waals surface area contributed by atoms with E-state index in [9.17, 15) is 9.59 Å². The van der Waals surface area contributed by atoms with Crippen molar-refractivity contribution in [3.63, 3.8) is 0 Å². The van der Waals surface area contributed by atoms with Gasteiger partial charge in [-0.2, -0.15) is 0 Å². The predicted octanol–water partition coefficient (Wildman–Crippen LogP) is 5.23. The summed E-state index contributed by atoms with van der Waals surface area (Å²) in [7, 11) is 1.62. The average molecular weight is 496 g/mol. The van der Waals surface area contributed by atoms with E-state index in [4.69, 9.17) is 16.3 Å². The lowest BCUT2D eigenvalue weighted by molar-refractivity contribution is -0.136. The highest BCUT2D eigenvalue weighted by molar-refractivity contribution is 6.31. The lowest BCUT2D eigenvalue weighted by atomic mass is 9.85. The molecule has 0 unspecified atom stereocenters. The van der Waals surface area contributed by atoms with E-state index in [2.05, 4.69) is 18.7 Å². The lowest BCUT2D eigenvalue weighted by Crippen LogP contribution is -2.57. The maximum Gasteiger partial charge on any atom is 0.327 e. The van der Waals surface area contributed by atoms with Gasteiger partial charge in [-0.3, -0.25) is 14.6 Å². The average Bonchev–Trinajstić information content (AvgIpc) is 3.03. The van der Waals surface area contributed by atoms with Crippen molar-refractivity contribution in [3.05, 3.63) is 70.8 Å². The smallest absolute Gasteiger partial charge is 0.327 e. The number of hydrogen-bond acceptors (Lipinski definition) is 4. The van der Waals surface area contributed by atoms with Gasteiger partial charge in [0, 0.05) is 31.2 Å². The van der Waals surface area contributed by atoms with Gasteiger partial charge in [-0.25, -0.2) is 4.79 Å². The third kappa shape index (κ3) is 5.54. The summed E-state index contributed by atoms with van der Waals surface area (Å²) in [6.45, 7) is 7.06. The highest BCUT2D eigenvalue weighted by Crippen LogP contribution is 2.39. The van der Waals surface area contributed by atoms with E-state index in [1.165, 1.54) is 4.90 Å². The molecule has 2 fully saturated rings. The second-order valence-electron chi connectivity index (χ2n) is 9.84. The SMILES string of the molecule is COc1ccc(CN2C(=O)N(CC(C)C)C3(CCN(CC(Cl)=Cc4ccccc4)CC3)C2=O)cc1. The zero-order valence-electron chi connectivity index (χ0n) is 20.7. The van der Waals surface area contributed by atoms with Crippen molar-refractivity contribution >= 4 is 29.6 Å². The fourth-order valence-electron chi connectivity index (χ4n) is 5.01. The molecule has 0 aromatic heterocycles. The van der Waals surface area contributed by atoms with E-state index in [1.54, 1.807) is 7.11 Å². The predicted molar refractivity (Wildman–Crippen MR) is 139 cm³/mol. The molecular weight excluding hydrogens is 462 g/mol. The Morgan fingerprint density at radius 2 is 1.71 bits per heavy atom. The molecule has 2 aromatic carbocycles. The molecule has 2 saturated heterocycles. The maximum atomic E-state index is 13.8. The van der Waals surface area contributed by atoms with E-state index in [0.29, 0.717) is 39.0 Å². The van der Waals surface area contributed by atoms with Gasteiger partial charge in [-0.15, -0.1) is 0 Å². The third-order valence-corrected chi connectivity index (χ3v) is 7.08. The van der Waals surface area contributed by atoms with Crippen molar-refractivity contribution in [2.45, 2.75) is 38.8 Å². The number of urea groups is 1. The molecule has 0 N–H and O–H groups in total. The van der Waals surface area contributed by atoms with Crippen LogP contribution in [0.3, 0.4) is 0 Å². The van der Waals surface area contributed by atoms with Crippen LogP contribution in [0.5, 0.6) is 5.75 Å². The number of nitrogens with zero attached hydrogens (tertiary/aromatic N) is 3. The van der Waals surface area contributed by atoms with Gasteiger partial charge in [0.25, 0.3) is 5.91 Å². The molecule has 35 heavy (non-hydrogen) atoms. The fraction of sp³-hybridized carbons (Fsp3) is 0.429. The molecular formula is C28H34ClN3O3. The minimum atomic E-state index is -0.778. The van der Waals surface area contributed by atoms with Crippen LogP contribution in [0.4, 0.5) is 4.79 Å². The van der Waals surface area contributed by atoms with Crippen LogP contribution in [0.25, 0.3) is 6.08 Å². The Morgan fingerprint density at radius 1 is 1.06 bits per heavy atom. The first-order chi connectivity index (χ1) is 16.8. The summed E-state index contributed by atoms with van der Waals surface area (Å²) in [6, 6.07) is 17.3. The topological polar surface area (TPSA) is 53.1 Å². The summed E-state index contributed by atoms with van der Waals surface area (Å²) < 4.78 is 5.23. The number of likely N-dealkylation sites (tertiary alicyclic amines) is 1. The summed E-state index contributed by atoms with van der Waals surface area (Å²) in [5, 5.41) is 0.765. The molecule has 2 heterocycles. The zero-order valence-corrected chi connectivity index (χ0v) is 21.5. The summed E-state index contributed by atoms with van der Waals surface area (Å²) in [5.74, 6) is 0.938. The number of rotatable bonds is 8. The number of imide groups is 1. The number of hydrogen-bond donors (Lipinski definition) is 0. The number of carbonyl (C=O) groups excluding carboxylic acids is 2. The maximum absolute atomic E-state index is 13.8. The van der Waals surface area contributed by atoms with Gasteiger partial charge in [0.15, 0.2) is 0 Å². The number of ether oxygens (including phenoxy) is 1. The van der Waals surface area contributed by atoms with Crippen LogP contribution in [0.2, 0.25) is 0 Å². The lowest BCUT2D eigenvalue weighted by Gasteiger charge is -2.42. The second-order valence-corrected chi connectivity index (χ2v) is 10.3. The number of halogens is 1. The van der Waals surface area contributed by atoms with E-state index < -0.39 is 5.54 Å². The van der Waals surface area contributed by atoms with Crippen molar-refractivity contribution in [2.24, 2.45) is 5.92 Å². The van der Waals surface area contributed by atoms with Crippen molar-refractivity contribution in [3.8, 4) is 5.75 Å². The third-order valence-electron chi connectivity index (χ3n) is 6.85. The minimum Gasteiger partial charge on any atom is -0.497 e. The normalized spacial score (nSPS) is 18.7. The highest BCUT2D eigenvalue weighted by Gasteiger charge is 2.57. The van der Waals surface area contributed by atoms with Gasteiger partial charge in [-0.1, -0.05) is 67.9 Å². The molecule has 2 aliphatic rings. The van der Waals surface area contributed by atoms with Gasteiger partial charge in [0.1, 0.15) is 11.3 Å². The Balaban J connectivity index is 1.48. The van der Waals surface area contributed by atoms with Crippen molar-refractivity contribution in [1.29, 1.82) is 0 Å². The van der Waals surface area contributed by atoms with E-state index >= 15 is 0 Å². The van der Waals surface area contributed by atoms with Gasteiger partial charge >= 0.3 is 6.03 Å². The second kappa shape index (κ2) is 10.8. The van der Waals surface area contributed by atoms with Crippen LogP contribution in [0.1, 0.15) is 37.8 Å². The molecule has 3 amide bonds. The van der Waals surface area contributed by atoms with Crippen LogP contribution in [0, 0.1) is 5.92 Å². The molecule has 4 rings (SSSR count). The Morgan fingerprint density at radius 3 is 2.31 bits per heavy atom. The Hall–Kier alpha value is -2.83. The highest BCUT2D eigenvalue weighted by atomic mass is 35.5. The molecule has 0 aliphatic carbocycles. The largest absolute Gasteiger partial charge is 0.497 e. The van der Waals surface area contributed by atoms with Crippen LogP contribution >= 0.6 is 11.6 Å². The van der Waals surface area contributed by atoms with Crippen LogP contribution < -0.4 is 4.74 Å². The van der Waals surface area contributed by atoms with Gasteiger partial charge < -0.3 is 9.64 Å². The standard InChI is InChI=1S/C28H34ClN3O3/c1-21(2)18-32-27(34)31(19-23-9-11-25(35-3)12-10-23)26(33)28(32)13-15-30(16-14-28)20-24(29)17-22-7-5-4-6-8-22/h4-12,17,21H,13-16,18-20H2,1-3H3. The van der Waals surface area contributed by atoms with Crippen molar-refractivity contribution in [1.82, 2.24) is 14.7 Å². The molecule has 0 radical (unpaired) electrons. The Labute approximate surface area is 213 Å². The number of benzene rings is 2. The van der Waals surface area contributed by atoms with E-state index in [1.807, 2.05) is 65.6 Å². The van der Waals surface area contributed by atoms with E-state index in [0.717, 1.165) is 21.9 Å². The van der Waals surface area contributed by atoms with Crippen molar-refractivity contribution in [2.75, 3.05) is 33.3 Å². The Kier molecular flexibility index (Phi) is 7.82. The van der Waals surface area contributed by atoms with Gasteiger partial charge in [0.2, 0.25) is 0 Å². The number of methoxy groups -OCH3 is 1. The van der Waals surface area contributed by atoms with Crippen LogP contribution in [-0.2, 0) is 11.3 Å². The number of amides is 3. The first kappa shape index (κ1) is 25.3. The molecule has 0 atom stereocenters. The van der Waals surface area contributed by atoms with Gasteiger partial charge in [0.05, 0.1) is 13.7 Å². The summed E-state index contributed by atoms with van der Waals surface area (Å²) in [4.78, 5) is 32.8. The van der Waals surface area contributed by atoms with Gasteiger partial charge in [-0.05, 0) is 48.1 Å². The minimum absolute atomic E-state index is 0.0791. The molecule has 1 spiro atoms. The molecule has 6 nitrogen and oxygen atoms in total. The molecule has 7 heteroatoms. The molecule has 2 aromatic rings.